The van der Waals surface area contributed by atoms with E-state index < -0.39 is 0 Å². The SMILES string of the molecule is CCCCC(CC)C(=O)Oc1ccnc(OC(=O)C(CC)CCCC)c1. The standard InChI is InChI=1S/C21H33NO4/c1-5-9-11-16(7-3)20(23)25-18-13-14-22-19(15-18)26-21(24)17(8-4)12-10-6-2/h13-17H,5-12H2,1-4H3. The molecule has 2 unspecified atom stereocenters. The normalized spacial score (nSPS) is 13.1. The number of carbonyl (C=O) groups excluding carboxylic acids is 2. The first-order valence-corrected chi connectivity index (χ1v) is 9.94. The number of unbranched alkanes of at least 4 members (excludes halogenated alkanes) is 2. The van der Waals surface area contributed by atoms with Crippen molar-refractivity contribution >= 4 is 11.9 Å². The van der Waals surface area contributed by atoms with Gasteiger partial charge in [-0.3, -0.25) is 9.59 Å². The van der Waals surface area contributed by atoms with Gasteiger partial charge in [-0.25, -0.2) is 4.98 Å². The summed E-state index contributed by atoms with van der Waals surface area (Å²) in [7, 11) is 0. The van der Waals surface area contributed by atoms with Crippen LogP contribution < -0.4 is 9.47 Å². The Morgan fingerprint density at radius 1 is 0.923 bits per heavy atom. The maximum atomic E-state index is 12.3. The van der Waals surface area contributed by atoms with Gasteiger partial charge in [0.2, 0.25) is 5.88 Å². The molecule has 0 fully saturated rings. The number of esters is 2. The van der Waals surface area contributed by atoms with Crippen molar-refractivity contribution in [1.82, 2.24) is 4.98 Å². The van der Waals surface area contributed by atoms with E-state index in [1.54, 1.807) is 6.07 Å². The van der Waals surface area contributed by atoms with Crippen LogP contribution >= 0.6 is 0 Å². The molecule has 1 aromatic heterocycles. The first kappa shape index (κ1) is 22.1. The first-order valence-electron chi connectivity index (χ1n) is 9.94. The molecule has 5 nitrogen and oxygen atoms in total. The van der Waals surface area contributed by atoms with Gasteiger partial charge in [-0.05, 0) is 31.7 Å². The van der Waals surface area contributed by atoms with Gasteiger partial charge in [0.05, 0.1) is 11.8 Å². The third-order valence-electron chi connectivity index (χ3n) is 4.59. The lowest BCUT2D eigenvalue weighted by Gasteiger charge is -2.15. The molecule has 0 aliphatic rings. The molecular formula is C21H33NO4. The highest BCUT2D eigenvalue weighted by Crippen LogP contribution is 2.22. The molecule has 0 aliphatic carbocycles. The number of hydrogen-bond donors (Lipinski definition) is 0. The van der Waals surface area contributed by atoms with Crippen LogP contribution in [0.15, 0.2) is 18.3 Å². The van der Waals surface area contributed by atoms with Crippen LogP contribution in [0.2, 0.25) is 0 Å². The molecule has 0 aliphatic heterocycles. The topological polar surface area (TPSA) is 65.5 Å². The van der Waals surface area contributed by atoms with Crippen LogP contribution in [0.25, 0.3) is 0 Å². The molecule has 0 N–H and O–H groups in total. The van der Waals surface area contributed by atoms with E-state index in [9.17, 15) is 9.59 Å². The molecule has 0 saturated carbocycles. The molecule has 0 spiro atoms. The van der Waals surface area contributed by atoms with E-state index in [2.05, 4.69) is 18.8 Å². The molecule has 146 valence electrons. The second kappa shape index (κ2) is 12.4. The van der Waals surface area contributed by atoms with E-state index in [-0.39, 0.29) is 29.7 Å². The summed E-state index contributed by atoms with van der Waals surface area (Å²) in [6.07, 6.45) is 8.72. The lowest BCUT2D eigenvalue weighted by atomic mass is 10.00. The Morgan fingerprint density at radius 3 is 1.96 bits per heavy atom. The van der Waals surface area contributed by atoms with Gasteiger partial charge in [-0.2, -0.15) is 0 Å². The Bertz CT molecular complexity index is 513. The van der Waals surface area contributed by atoms with Gasteiger partial charge in [0.25, 0.3) is 0 Å². The van der Waals surface area contributed by atoms with Crippen LogP contribution in [0.5, 0.6) is 11.6 Å². The molecule has 5 heteroatoms. The van der Waals surface area contributed by atoms with Crippen LogP contribution in [0.3, 0.4) is 0 Å². The fraction of sp³-hybridized carbons (Fsp3) is 0.667. The highest BCUT2D eigenvalue weighted by molar-refractivity contribution is 5.76. The van der Waals surface area contributed by atoms with Gasteiger partial charge in [-0.15, -0.1) is 0 Å². The van der Waals surface area contributed by atoms with Gasteiger partial charge in [0.1, 0.15) is 5.75 Å². The lowest BCUT2D eigenvalue weighted by molar-refractivity contribution is -0.139. The van der Waals surface area contributed by atoms with Crippen molar-refractivity contribution in [2.24, 2.45) is 11.8 Å². The average Bonchev–Trinajstić information content (AvgIpc) is 2.63. The highest BCUT2D eigenvalue weighted by atomic mass is 16.6. The third kappa shape index (κ3) is 7.54. The van der Waals surface area contributed by atoms with Crippen molar-refractivity contribution < 1.29 is 19.1 Å². The van der Waals surface area contributed by atoms with E-state index in [1.165, 1.54) is 12.3 Å². The molecule has 0 amide bonds. The minimum atomic E-state index is -0.272. The van der Waals surface area contributed by atoms with Gasteiger partial charge < -0.3 is 9.47 Å². The maximum Gasteiger partial charge on any atom is 0.315 e. The van der Waals surface area contributed by atoms with Gasteiger partial charge in [0.15, 0.2) is 0 Å². The van der Waals surface area contributed by atoms with Crippen LogP contribution in [0, 0.1) is 11.8 Å². The summed E-state index contributed by atoms with van der Waals surface area (Å²) in [6.45, 7) is 8.17. The van der Waals surface area contributed by atoms with Gasteiger partial charge >= 0.3 is 11.9 Å². The Balaban J connectivity index is 2.69. The molecule has 1 rings (SSSR count). The molecular weight excluding hydrogens is 330 g/mol. The molecule has 0 aromatic carbocycles. The number of ether oxygens (including phenoxy) is 2. The van der Waals surface area contributed by atoms with E-state index >= 15 is 0 Å². The van der Waals surface area contributed by atoms with Crippen molar-refractivity contribution in [2.75, 3.05) is 0 Å². The van der Waals surface area contributed by atoms with Crippen molar-refractivity contribution in [3.8, 4) is 11.6 Å². The van der Waals surface area contributed by atoms with Crippen LogP contribution in [-0.4, -0.2) is 16.9 Å². The second-order valence-electron chi connectivity index (χ2n) is 6.67. The number of pyridine rings is 1. The minimum absolute atomic E-state index is 0.104. The Hall–Kier alpha value is -1.91. The number of aromatic nitrogens is 1. The Labute approximate surface area is 157 Å². The monoisotopic (exact) mass is 363 g/mol. The summed E-state index contributed by atoms with van der Waals surface area (Å²) >= 11 is 0. The molecule has 2 atom stereocenters. The Kier molecular flexibility index (Phi) is 10.6. The van der Waals surface area contributed by atoms with Crippen LogP contribution in [0.1, 0.15) is 79.1 Å². The molecule has 26 heavy (non-hydrogen) atoms. The van der Waals surface area contributed by atoms with E-state index in [0.29, 0.717) is 5.75 Å². The van der Waals surface area contributed by atoms with E-state index in [0.717, 1.165) is 51.4 Å². The van der Waals surface area contributed by atoms with Crippen molar-refractivity contribution in [3.63, 3.8) is 0 Å². The van der Waals surface area contributed by atoms with Crippen molar-refractivity contribution in [1.29, 1.82) is 0 Å². The summed E-state index contributed by atoms with van der Waals surface area (Å²) in [5.74, 6) is -0.194. The minimum Gasteiger partial charge on any atom is -0.426 e. The number of hydrogen-bond acceptors (Lipinski definition) is 5. The number of carbonyl (C=O) groups is 2. The lowest BCUT2D eigenvalue weighted by Crippen LogP contribution is -2.21. The predicted octanol–water partition coefficient (Wildman–Crippen LogP) is 5.33. The van der Waals surface area contributed by atoms with Gasteiger partial charge in [-0.1, -0.05) is 53.4 Å². The maximum absolute atomic E-state index is 12.3. The summed E-state index contributed by atoms with van der Waals surface area (Å²) in [6, 6.07) is 3.12. The fourth-order valence-electron chi connectivity index (χ4n) is 2.77. The molecule has 0 radical (unpaired) electrons. The molecule has 1 aromatic rings. The second-order valence-corrected chi connectivity index (χ2v) is 6.67. The van der Waals surface area contributed by atoms with Crippen LogP contribution in [-0.2, 0) is 9.59 Å². The summed E-state index contributed by atoms with van der Waals surface area (Å²) in [5, 5.41) is 0. The Morgan fingerprint density at radius 2 is 1.46 bits per heavy atom. The highest BCUT2D eigenvalue weighted by Gasteiger charge is 2.21. The summed E-state index contributed by atoms with van der Waals surface area (Å²) in [5.41, 5.74) is 0. The van der Waals surface area contributed by atoms with Gasteiger partial charge in [0, 0.05) is 12.3 Å². The predicted molar refractivity (Wildman–Crippen MR) is 102 cm³/mol. The van der Waals surface area contributed by atoms with Crippen LogP contribution in [0.4, 0.5) is 0 Å². The average molecular weight is 363 g/mol. The van der Waals surface area contributed by atoms with E-state index in [1.807, 2.05) is 13.8 Å². The number of nitrogens with zero attached hydrogens (tertiary/aromatic N) is 1. The molecule has 0 saturated heterocycles. The first-order chi connectivity index (χ1) is 12.5. The fourth-order valence-corrected chi connectivity index (χ4v) is 2.77. The smallest absolute Gasteiger partial charge is 0.315 e. The summed E-state index contributed by atoms with van der Waals surface area (Å²) < 4.78 is 10.9. The zero-order valence-corrected chi connectivity index (χ0v) is 16.6. The molecule has 0 bridgehead atoms. The zero-order valence-electron chi connectivity index (χ0n) is 16.6. The number of rotatable bonds is 12. The summed E-state index contributed by atoms with van der Waals surface area (Å²) in [4.78, 5) is 28.7. The zero-order chi connectivity index (χ0) is 19.4. The van der Waals surface area contributed by atoms with Crippen molar-refractivity contribution in [3.05, 3.63) is 18.3 Å². The third-order valence-corrected chi connectivity index (χ3v) is 4.59. The van der Waals surface area contributed by atoms with E-state index in [4.69, 9.17) is 9.47 Å². The van der Waals surface area contributed by atoms with Crippen molar-refractivity contribution in [2.45, 2.75) is 79.1 Å². The quantitative estimate of drug-likeness (QED) is 0.470. The molecule has 1 heterocycles. The largest absolute Gasteiger partial charge is 0.426 e.